The molecule has 0 bridgehead atoms. The zero-order chi connectivity index (χ0) is 17.3. The molecule has 0 spiro atoms. The third-order valence-electron chi connectivity index (χ3n) is 5.34. The molecule has 5 heteroatoms. The van der Waals surface area contributed by atoms with Crippen LogP contribution in [-0.4, -0.2) is 54.0 Å². The largest absolute Gasteiger partial charge is 0.369 e. The van der Waals surface area contributed by atoms with Gasteiger partial charge in [0.05, 0.1) is 6.17 Å². The SMILES string of the molecule is CCC(N1CCN(c2ccc(C)c(C)c2)CC1)N1C(=O)CCC1=O. The summed E-state index contributed by atoms with van der Waals surface area (Å²) >= 11 is 0. The molecule has 0 radical (unpaired) electrons. The van der Waals surface area contributed by atoms with E-state index in [0.29, 0.717) is 12.8 Å². The molecule has 0 aromatic heterocycles. The van der Waals surface area contributed by atoms with Crippen molar-refractivity contribution in [1.82, 2.24) is 9.80 Å². The zero-order valence-corrected chi connectivity index (χ0v) is 14.9. The van der Waals surface area contributed by atoms with E-state index < -0.39 is 0 Å². The Kier molecular flexibility index (Phi) is 4.90. The van der Waals surface area contributed by atoms with Crippen molar-refractivity contribution in [2.24, 2.45) is 0 Å². The van der Waals surface area contributed by atoms with Gasteiger partial charge >= 0.3 is 0 Å². The summed E-state index contributed by atoms with van der Waals surface area (Å²) in [7, 11) is 0. The van der Waals surface area contributed by atoms with Gasteiger partial charge in [0.15, 0.2) is 0 Å². The van der Waals surface area contributed by atoms with E-state index in [1.165, 1.54) is 21.7 Å². The molecule has 3 rings (SSSR count). The highest BCUT2D eigenvalue weighted by atomic mass is 16.2. The van der Waals surface area contributed by atoms with Crippen molar-refractivity contribution in [3.8, 4) is 0 Å². The van der Waals surface area contributed by atoms with Crippen molar-refractivity contribution in [3.63, 3.8) is 0 Å². The van der Waals surface area contributed by atoms with E-state index in [9.17, 15) is 9.59 Å². The van der Waals surface area contributed by atoms with Crippen molar-refractivity contribution in [3.05, 3.63) is 29.3 Å². The average molecular weight is 329 g/mol. The van der Waals surface area contributed by atoms with Crippen LogP contribution in [0, 0.1) is 13.8 Å². The maximum absolute atomic E-state index is 12.1. The van der Waals surface area contributed by atoms with Gasteiger partial charge < -0.3 is 4.90 Å². The topological polar surface area (TPSA) is 43.9 Å². The van der Waals surface area contributed by atoms with Gasteiger partial charge in [-0.15, -0.1) is 0 Å². The number of aryl methyl sites for hydroxylation is 2. The van der Waals surface area contributed by atoms with Crippen LogP contribution in [0.1, 0.15) is 37.3 Å². The number of amides is 2. The van der Waals surface area contributed by atoms with Crippen LogP contribution >= 0.6 is 0 Å². The number of carbonyl (C=O) groups excluding carboxylic acids is 2. The lowest BCUT2D eigenvalue weighted by atomic mass is 10.1. The Labute approximate surface area is 144 Å². The molecule has 130 valence electrons. The van der Waals surface area contributed by atoms with Gasteiger partial charge in [-0.3, -0.25) is 19.4 Å². The van der Waals surface area contributed by atoms with Crippen LogP contribution in [0.4, 0.5) is 5.69 Å². The van der Waals surface area contributed by atoms with Crippen molar-refractivity contribution in [2.75, 3.05) is 31.1 Å². The van der Waals surface area contributed by atoms with E-state index >= 15 is 0 Å². The monoisotopic (exact) mass is 329 g/mol. The van der Waals surface area contributed by atoms with Crippen molar-refractivity contribution in [2.45, 2.75) is 46.2 Å². The lowest BCUT2D eigenvalue weighted by Crippen LogP contribution is -2.57. The zero-order valence-electron chi connectivity index (χ0n) is 14.9. The summed E-state index contributed by atoms with van der Waals surface area (Å²) in [4.78, 5) is 30.3. The second kappa shape index (κ2) is 6.93. The van der Waals surface area contributed by atoms with Crippen LogP contribution in [0.5, 0.6) is 0 Å². The molecule has 1 aromatic carbocycles. The molecule has 1 unspecified atom stereocenters. The molecule has 0 aliphatic carbocycles. The van der Waals surface area contributed by atoms with Gasteiger partial charge in [0.25, 0.3) is 0 Å². The molecular weight excluding hydrogens is 302 g/mol. The minimum Gasteiger partial charge on any atom is -0.369 e. The fourth-order valence-electron chi connectivity index (χ4n) is 3.73. The van der Waals surface area contributed by atoms with Crippen molar-refractivity contribution < 1.29 is 9.59 Å². The van der Waals surface area contributed by atoms with E-state index in [0.717, 1.165) is 32.6 Å². The Bertz CT molecular complexity index is 619. The third kappa shape index (κ3) is 3.18. The Morgan fingerprint density at radius 2 is 1.58 bits per heavy atom. The molecule has 2 saturated heterocycles. The highest BCUT2D eigenvalue weighted by Crippen LogP contribution is 2.24. The van der Waals surface area contributed by atoms with Gasteiger partial charge in [-0.25, -0.2) is 0 Å². The van der Waals surface area contributed by atoms with Crippen LogP contribution in [0.15, 0.2) is 18.2 Å². The molecule has 0 saturated carbocycles. The van der Waals surface area contributed by atoms with Crippen LogP contribution in [-0.2, 0) is 9.59 Å². The summed E-state index contributed by atoms with van der Waals surface area (Å²) in [6.07, 6.45) is 1.46. The second-order valence-corrected chi connectivity index (χ2v) is 6.84. The molecular formula is C19H27N3O2. The van der Waals surface area contributed by atoms with E-state index in [-0.39, 0.29) is 18.0 Å². The first-order valence-electron chi connectivity index (χ1n) is 8.92. The number of piperazine rings is 1. The van der Waals surface area contributed by atoms with E-state index in [2.05, 4.69) is 48.8 Å². The second-order valence-electron chi connectivity index (χ2n) is 6.84. The summed E-state index contributed by atoms with van der Waals surface area (Å²) in [5.41, 5.74) is 3.89. The Hall–Kier alpha value is -1.88. The molecule has 2 aliphatic heterocycles. The number of rotatable bonds is 4. The lowest BCUT2D eigenvalue weighted by molar-refractivity contribution is -0.146. The maximum atomic E-state index is 12.1. The summed E-state index contributed by atoms with van der Waals surface area (Å²) < 4.78 is 0. The number of carbonyl (C=O) groups is 2. The lowest BCUT2D eigenvalue weighted by Gasteiger charge is -2.42. The average Bonchev–Trinajstić information content (AvgIpc) is 2.91. The molecule has 2 fully saturated rings. The molecule has 5 nitrogen and oxygen atoms in total. The third-order valence-corrected chi connectivity index (χ3v) is 5.34. The standard InChI is InChI=1S/C19H27N3O2/c1-4-17(22-18(23)7-8-19(22)24)21-11-9-20(10-12-21)16-6-5-14(2)15(3)13-16/h5-6,13,17H,4,7-12H2,1-3H3. The summed E-state index contributed by atoms with van der Waals surface area (Å²) in [6.45, 7) is 9.94. The van der Waals surface area contributed by atoms with Crippen LogP contribution < -0.4 is 4.90 Å². The molecule has 24 heavy (non-hydrogen) atoms. The smallest absolute Gasteiger partial charge is 0.231 e. The van der Waals surface area contributed by atoms with Gasteiger partial charge in [-0.05, 0) is 43.5 Å². The van der Waals surface area contributed by atoms with Gasteiger partial charge in [-0.2, -0.15) is 0 Å². The fourth-order valence-corrected chi connectivity index (χ4v) is 3.73. The van der Waals surface area contributed by atoms with Gasteiger partial charge in [-0.1, -0.05) is 13.0 Å². The first kappa shape index (κ1) is 17.0. The molecule has 1 aromatic rings. The van der Waals surface area contributed by atoms with Crippen molar-refractivity contribution >= 4 is 17.5 Å². The number of likely N-dealkylation sites (tertiary alicyclic amines) is 1. The van der Waals surface area contributed by atoms with Crippen LogP contribution in [0.2, 0.25) is 0 Å². The quantitative estimate of drug-likeness (QED) is 0.795. The summed E-state index contributed by atoms with van der Waals surface area (Å²) in [5, 5.41) is 0. The normalized spacial score (nSPS) is 20.8. The highest BCUT2D eigenvalue weighted by molar-refractivity contribution is 6.02. The molecule has 2 aliphatic rings. The first-order valence-corrected chi connectivity index (χ1v) is 8.92. The minimum absolute atomic E-state index is 0.0107. The molecule has 1 atom stereocenters. The van der Waals surface area contributed by atoms with Gasteiger partial charge in [0, 0.05) is 44.7 Å². The summed E-state index contributed by atoms with van der Waals surface area (Å²) in [5.74, 6) is -0.0214. The number of hydrogen-bond acceptors (Lipinski definition) is 4. The number of imide groups is 1. The summed E-state index contributed by atoms with van der Waals surface area (Å²) in [6, 6.07) is 6.60. The number of anilines is 1. The minimum atomic E-state index is -0.0746. The number of benzene rings is 1. The number of hydrogen-bond donors (Lipinski definition) is 0. The molecule has 2 heterocycles. The first-order chi connectivity index (χ1) is 11.5. The van der Waals surface area contributed by atoms with E-state index in [1.54, 1.807) is 0 Å². The highest BCUT2D eigenvalue weighted by Gasteiger charge is 2.37. The van der Waals surface area contributed by atoms with Gasteiger partial charge in [0.1, 0.15) is 0 Å². The Morgan fingerprint density at radius 3 is 2.12 bits per heavy atom. The van der Waals surface area contributed by atoms with Crippen molar-refractivity contribution in [1.29, 1.82) is 0 Å². The Morgan fingerprint density at radius 1 is 0.958 bits per heavy atom. The molecule has 2 amide bonds. The maximum Gasteiger partial charge on any atom is 0.231 e. The molecule has 0 N–H and O–H groups in total. The van der Waals surface area contributed by atoms with Gasteiger partial charge in [0.2, 0.25) is 11.8 Å². The van der Waals surface area contributed by atoms with E-state index in [4.69, 9.17) is 0 Å². The fraction of sp³-hybridized carbons (Fsp3) is 0.579. The van der Waals surface area contributed by atoms with E-state index in [1.807, 2.05) is 0 Å². The Balaban J connectivity index is 1.66. The number of nitrogens with zero attached hydrogens (tertiary/aromatic N) is 3. The van der Waals surface area contributed by atoms with Crippen LogP contribution in [0.3, 0.4) is 0 Å². The predicted octanol–water partition coefficient (Wildman–Crippen LogP) is 2.31. The predicted molar refractivity (Wildman–Crippen MR) is 94.9 cm³/mol. The van der Waals surface area contributed by atoms with Crippen LogP contribution in [0.25, 0.3) is 0 Å².